The highest BCUT2D eigenvalue weighted by atomic mass is 19.1. The zero-order valence-corrected chi connectivity index (χ0v) is 17.3. The molecule has 2 aromatic carbocycles. The van der Waals surface area contributed by atoms with Crippen LogP contribution in [0.3, 0.4) is 0 Å². The Morgan fingerprint density at radius 3 is 2.42 bits per heavy atom. The van der Waals surface area contributed by atoms with Gasteiger partial charge in [0.05, 0.1) is 18.9 Å². The van der Waals surface area contributed by atoms with Crippen molar-refractivity contribution in [1.82, 2.24) is 9.88 Å². The fourth-order valence-corrected chi connectivity index (χ4v) is 4.35. The molecule has 160 valence electrons. The molecular formula is C24H25FN4O2. The predicted octanol–water partition coefficient (Wildman–Crippen LogP) is 3.17. The highest BCUT2D eigenvalue weighted by Crippen LogP contribution is 2.28. The van der Waals surface area contributed by atoms with Crippen molar-refractivity contribution in [2.75, 3.05) is 62.3 Å². The van der Waals surface area contributed by atoms with E-state index in [2.05, 4.69) is 14.8 Å². The summed E-state index contributed by atoms with van der Waals surface area (Å²) in [5, 5.41) is 2.03. The number of piperazine rings is 1. The molecule has 2 fully saturated rings. The molecule has 0 unspecified atom stereocenters. The number of hydrogen-bond acceptors (Lipinski definition) is 5. The third kappa shape index (κ3) is 3.93. The van der Waals surface area contributed by atoms with Gasteiger partial charge in [0.15, 0.2) is 0 Å². The summed E-state index contributed by atoms with van der Waals surface area (Å²) in [6, 6.07) is 14.7. The summed E-state index contributed by atoms with van der Waals surface area (Å²) in [4.78, 5) is 23.7. The van der Waals surface area contributed by atoms with Crippen LogP contribution in [0.25, 0.3) is 10.8 Å². The fraction of sp³-hybridized carbons (Fsp3) is 0.333. The lowest BCUT2D eigenvalue weighted by molar-refractivity contribution is 0.0303. The normalized spacial score (nSPS) is 17.3. The molecule has 0 saturated carbocycles. The van der Waals surface area contributed by atoms with Crippen LogP contribution in [0, 0.1) is 5.82 Å². The topological polar surface area (TPSA) is 48.9 Å². The summed E-state index contributed by atoms with van der Waals surface area (Å²) >= 11 is 0. The zero-order valence-electron chi connectivity index (χ0n) is 17.3. The molecular weight excluding hydrogens is 395 g/mol. The molecule has 7 heteroatoms. The maximum atomic E-state index is 14.2. The predicted molar refractivity (Wildman–Crippen MR) is 119 cm³/mol. The van der Waals surface area contributed by atoms with Gasteiger partial charge in [-0.05, 0) is 35.7 Å². The Balaban J connectivity index is 1.38. The van der Waals surface area contributed by atoms with Crippen molar-refractivity contribution in [1.29, 1.82) is 0 Å². The van der Waals surface area contributed by atoms with Gasteiger partial charge in [0, 0.05) is 56.4 Å². The average molecular weight is 420 g/mol. The van der Waals surface area contributed by atoms with Crippen LogP contribution in [0.15, 0.2) is 54.7 Å². The molecule has 0 spiro atoms. The second-order valence-corrected chi connectivity index (χ2v) is 7.90. The van der Waals surface area contributed by atoms with Gasteiger partial charge in [0.25, 0.3) is 5.91 Å². The number of ether oxygens (including phenoxy) is 1. The third-order valence-corrected chi connectivity index (χ3v) is 6.06. The van der Waals surface area contributed by atoms with E-state index in [0.29, 0.717) is 50.6 Å². The number of rotatable bonds is 3. The van der Waals surface area contributed by atoms with Crippen molar-refractivity contribution in [3.05, 3.63) is 66.1 Å². The van der Waals surface area contributed by atoms with Crippen LogP contribution >= 0.6 is 0 Å². The van der Waals surface area contributed by atoms with Crippen LogP contribution in [0.5, 0.6) is 0 Å². The number of para-hydroxylation sites is 1. The van der Waals surface area contributed by atoms with E-state index in [1.165, 1.54) is 6.07 Å². The summed E-state index contributed by atoms with van der Waals surface area (Å²) in [5.74, 6) is 0.720. The lowest BCUT2D eigenvalue weighted by Gasteiger charge is -2.37. The molecule has 6 nitrogen and oxygen atoms in total. The standard InChI is InChI=1S/C24H25FN4O2/c25-21-3-1-2-4-22(21)27-9-11-28(12-10-27)23-20-17-19(6-5-18(20)7-8-26-23)24(30)29-13-15-31-16-14-29/h1-8,17H,9-16H2. The average Bonchev–Trinajstić information content (AvgIpc) is 2.84. The molecule has 2 aliphatic heterocycles. The summed E-state index contributed by atoms with van der Waals surface area (Å²) in [6.07, 6.45) is 1.81. The maximum Gasteiger partial charge on any atom is 0.254 e. The van der Waals surface area contributed by atoms with Gasteiger partial charge in [-0.15, -0.1) is 0 Å². The van der Waals surface area contributed by atoms with Crippen molar-refractivity contribution in [3.8, 4) is 0 Å². The van der Waals surface area contributed by atoms with Gasteiger partial charge in [0.2, 0.25) is 0 Å². The molecule has 1 amide bonds. The lowest BCUT2D eigenvalue weighted by atomic mass is 10.1. The van der Waals surface area contributed by atoms with Gasteiger partial charge < -0.3 is 19.4 Å². The van der Waals surface area contributed by atoms with Crippen LogP contribution in [-0.4, -0.2) is 68.3 Å². The highest BCUT2D eigenvalue weighted by molar-refractivity contribution is 6.01. The Morgan fingerprint density at radius 1 is 0.903 bits per heavy atom. The van der Waals surface area contributed by atoms with E-state index in [1.54, 1.807) is 6.07 Å². The molecule has 0 bridgehead atoms. The van der Waals surface area contributed by atoms with E-state index in [0.717, 1.165) is 29.7 Å². The fourth-order valence-electron chi connectivity index (χ4n) is 4.35. The first-order valence-corrected chi connectivity index (χ1v) is 10.7. The second kappa shape index (κ2) is 8.51. The van der Waals surface area contributed by atoms with E-state index in [1.807, 2.05) is 47.5 Å². The van der Waals surface area contributed by atoms with E-state index in [-0.39, 0.29) is 11.7 Å². The molecule has 0 atom stereocenters. The molecule has 31 heavy (non-hydrogen) atoms. The van der Waals surface area contributed by atoms with Crippen molar-refractivity contribution < 1.29 is 13.9 Å². The third-order valence-electron chi connectivity index (χ3n) is 6.06. The van der Waals surface area contributed by atoms with Gasteiger partial charge in [-0.1, -0.05) is 18.2 Å². The van der Waals surface area contributed by atoms with Gasteiger partial charge in [-0.2, -0.15) is 0 Å². The number of benzene rings is 2. The van der Waals surface area contributed by atoms with Crippen LogP contribution in [0.4, 0.5) is 15.9 Å². The first-order valence-electron chi connectivity index (χ1n) is 10.7. The second-order valence-electron chi connectivity index (χ2n) is 7.90. The number of anilines is 2. The van der Waals surface area contributed by atoms with E-state index in [4.69, 9.17) is 4.74 Å². The van der Waals surface area contributed by atoms with Crippen LogP contribution < -0.4 is 9.80 Å². The zero-order chi connectivity index (χ0) is 21.2. The number of pyridine rings is 1. The van der Waals surface area contributed by atoms with E-state index in [9.17, 15) is 9.18 Å². The molecule has 2 aliphatic rings. The van der Waals surface area contributed by atoms with E-state index < -0.39 is 0 Å². The number of amides is 1. The smallest absolute Gasteiger partial charge is 0.254 e. The Hall–Kier alpha value is -3.19. The van der Waals surface area contributed by atoms with Gasteiger partial charge in [-0.25, -0.2) is 9.37 Å². The van der Waals surface area contributed by atoms with Crippen LogP contribution in [-0.2, 0) is 4.74 Å². The Labute approximate surface area is 180 Å². The summed E-state index contributed by atoms with van der Waals surface area (Å²) < 4.78 is 19.5. The number of morpholine rings is 1. The largest absolute Gasteiger partial charge is 0.378 e. The number of hydrogen-bond donors (Lipinski definition) is 0. The van der Waals surface area contributed by atoms with Crippen molar-refractivity contribution in [2.24, 2.45) is 0 Å². The molecule has 0 radical (unpaired) electrons. The Bertz CT molecular complexity index is 1090. The SMILES string of the molecule is O=C(c1ccc2ccnc(N3CCN(c4ccccc4F)CC3)c2c1)N1CCOCC1. The molecule has 3 heterocycles. The quantitative estimate of drug-likeness (QED) is 0.652. The molecule has 5 rings (SSSR count). The summed E-state index contributed by atoms with van der Waals surface area (Å²) in [5.41, 5.74) is 1.32. The van der Waals surface area contributed by atoms with Crippen molar-refractivity contribution >= 4 is 28.2 Å². The maximum absolute atomic E-state index is 14.2. The minimum absolute atomic E-state index is 0.0318. The van der Waals surface area contributed by atoms with Gasteiger partial charge in [-0.3, -0.25) is 4.79 Å². The molecule has 0 aliphatic carbocycles. The Kier molecular flexibility index (Phi) is 5.42. The lowest BCUT2D eigenvalue weighted by Crippen LogP contribution is -2.47. The number of aromatic nitrogens is 1. The van der Waals surface area contributed by atoms with E-state index >= 15 is 0 Å². The molecule has 1 aromatic heterocycles. The monoisotopic (exact) mass is 420 g/mol. The number of nitrogens with zero attached hydrogens (tertiary/aromatic N) is 4. The van der Waals surface area contributed by atoms with Gasteiger partial charge >= 0.3 is 0 Å². The number of carbonyl (C=O) groups is 1. The highest BCUT2D eigenvalue weighted by Gasteiger charge is 2.23. The Morgan fingerprint density at radius 2 is 1.65 bits per heavy atom. The van der Waals surface area contributed by atoms with Crippen LogP contribution in [0.2, 0.25) is 0 Å². The summed E-state index contributed by atoms with van der Waals surface area (Å²) in [7, 11) is 0. The van der Waals surface area contributed by atoms with Crippen molar-refractivity contribution in [3.63, 3.8) is 0 Å². The molecule has 3 aromatic rings. The molecule has 2 saturated heterocycles. The van der Waals surface area contributed by atoms with Gasteiger partial charge in [0.1, 0.15) is 11.6 Å². The number of fused-ring (bicyclic) bond motifs is 1. The first kappa shape index (κ1) is 19.8. The number of carbonyl (C=O) groups excluding carboxylic acids is 1. The number of halogens is 1. The van der Waals surface area contributed by atoms with Crippen molar-refractivity contribution in [2.45, 2.75) is 0 Å². The molecule has 0 N–H and O–H groups in total. The first-order chi connectivity index (χ1) is 15.2. The van der Waals surface area contributed by atoms with Crippen LogP contribution in [0.1, 0.15) is 10.4 Å². The summed E-state index contributed by atoms with van der Waals surface area (Å²) in [6.45, 7) is 5.31. The minimum atomic E-state index is -0.189. The minimum Gasteiger partial charge on any atom is -0.378 e.